The van der Waals surface area contributed by atoms with Gasteiger partial charge in [-0.2, -0.15) is 0 Å². The molecule has 1 aromatic heterocycles. The number of anilines is 1. The van der Waals surface area contributed by atoms with E-state index in [2.05, 4.69) is 5.32 Å². The standard InChI is InChI=1S/C24H30ClNO6S/c1-13(2)31-23(28)20-16(6)21(24(29)32-14(3)4)33-22(20)26-19(27)8-7-11-30-18-10-9-17(25)12-15(18)5/h9-10,12-14H,7-8,11H2,1-6H3,(H,26,27). The Balaban J connectivity index is 2.07. The molecule has 1 aromatic carbocycles. The average Bonchev–Trinajstić information content (AvgIpc) is 3.01. The van der Waals surface area contributed by atoms with Crippen LogP contribution in [0.25, 0.3) is 0 Å². The second kappa shape index (κ2) is 12.0. The zero-order valence-electron chi connectivity index (χ0n) is 19.7. The van der Waals surface area contributed by atoms with Gasteiger partial charge >= 0.3 is 11.9 Å². The van der Waals surface area contributed by atoms with E-state index in [0.29, 0.717) is 29.4 Å². The van der Waals surface area contributed by atoms with Gasteiger partial charge in [-0.25, -0.2) is 9.59 Å². The van der Waals surface area contributed by atoms with Crippen molar-refractivity contribution in [3.63, 3.8) is 0 Å². The lowest BCUT2D eigenvalue weighted by Gasteiger charge is -2.11. The topological polar surface area (TPSA) is 90.9 Å². The summed E-state index contributed by atoms with van der Waals surface area (Å²) in [5.74, 6) is -0.728. The number of ether oxygens (including phenoxy) is 3. The average molecular weight is 496 g/mol. The van der Waals surface area contributed by atoms with Crippen LogP contribution in [-0.2, 0) is 14.3 Å². The molecule has 1 amide bonds. The van der Waals surface area contributed by atoms with Gasteiger partial charge in [0.15, 0.2) is 0 Å². The van der Waals surface area contributed by atoms with E-state index >= 15 is 0 Å². The van der Waals surface area contributed by atoms with Crippen molar-refractivity contribution >= 4 is 45.8 Å². The van der Waals surface area contributed by atoms with E-state index in [0.717, 1.165) is 16.9 Å². The number of hydrogen-bond acceptors (Lipinski definition) is 7. The molecule has 33 heavy (non-hydrogen) atoms. The highest BCUT2D eigenvalue weighted by Gasteiger charge is 2.28. The molecule has 9 heteroatoms. The summed E-state index contributed by atoms with van der Waals surface area (Å²) in [6.45, 7) is 10.8. The van der Waals surface area contributed by atoms with Crippen molar-refractivity contribution in [1.29, 1.82) is 0 Å². The van der Waals surface area contributed by atoms with Crippen LogP contribution in [0.2, 0.25) is 5.02 Å². The molecular weight excluding hydrogens is 466 g/mol. The second-order valence-corrected chi connectivity index (χ2v) is 9.54. The van der Waals surface area contributed by atoms with Crippen LogP contribution in [0.4, 0.5) is 5.00 Å². The molecule has 0 aliphatic rings. The Labute approximate surface area is 203 Å². The van der Waals surface area contributed by atoms with Crippen LogP contribution in [0, 0.1) is 13.8 Å². The molecule has 7 nitrogen and oxygen atoms in total. The van der Waals surface area contributed by atoms with Crippen molar-refractivity contribution in [2.75, 3.05) is 11.9 Å². The van der Waals surface area contributed by atoms with Gasteiger partial charge in [0.1, 0.15) is 15.6 Å². The Morgan fingerprint density at radius 3 is 2.27 bits per heavy atom. The summed E-state index contributed by atoms with van der Waals surface area (Å²) in [5, 5.41) is 3.65. The molecule has 0 fully saturated rings. The first-order chi connectivity index (χ1) is 15.5. The molecule has 0 unspecified atom stereocenters. The summed E-state index contributed by atoms with van der Waals surface area (Å²) in [4.78, 5) is 37.9. The number of halogens is 1. The summed E-state index contributed by atoms with van der Waals surface area (Å²) >= 11 is 6.96. The second-order valence-electron chi connectivity index (χ2n) is 8.08. The molecular formula is C24H30ClNO6S. The minimum absolute atomic E-state index is 0.172. The minimum Gasteiger partial charge on any atom is -0.493 e. The Morgan fingerprint density at radius 2 is 1.67 bits per heavy atom. The lowest BCUT2D eigenvalue weighted by molar-refractivity contribution is -0.116. The van der Waals surface area contributed by atoms with Gasteiger partial charge in [0.2, 0.25) is 5.91 Å². The fourth-order valence-corrected chi connectivity index (χ4v) is 4.28. The molecule has 0 spiro atoms. The van der Waals surface area contributed by atoms with E-state index in [1.807, 2.05) is 13.0 Å². The smallest absolute Gasteiger partial charge is 0.348 e. The number of thiophene rings is 1. The largest absolute Gasteiger partial charge is 0.493 e. The Morgan fingerprint density at radius 1 is 1.03 bits per heavy atom. The minimum atomic E-state index is -0.598. The Kier molecular flexibility index (Phi) is 9.73. The van der Waals surface area contributed by atoms with Crippen molar-refractivity contribution in [2.45, 2.75) is 66.6 Å². The summed E-state index contributed by atoms with van der Waals surface area (Å²) in [5.41, 5.74) is 1.51. The molecule has 0 aliphatic heterocycles. The highest BCUT2D eigenvalue weighted by molar-refractivity contribution is 7.18. The van der Waals surface area contributed by atoms with Crippen LogP contribution in [-0.4, -0.2) is 36.7 Å². The van der Waals surface area contributed by atoms with Gasteiger partial charge in [-0.15, -0.1) is 11.3 Å². The Hall–Kier alpha value is -2.58. The molecule has 0 bridgehead atoms. The number of nitrogens with one attached hydrogen (secondary N) is 1. The van der Waals surface area contributed by atoms with Crippen LogP contribution >= 0.6 is 22.9 Å². The van der Waals surface area contributed by atoms with Gasteiger partial charge in [-0.1, -0.05) is 11.6 Å². The first kappa shape index (κ1) is 26.7. The number of carbonyl (C=O) groups excluding carboxylic acids is 3. The van der Waals surface area contributed by atoms with E-state index in [1.54, 1.807) is 46.8 Å². The number of carbonyl (C=O) groups is 3. The first-order valence-corrected chi connectivity index (χ1v) is 11.9. The van der Waals surface area contributed by atoms with Gasteiger partial charge in [-0.05, 0) is 77.3 Å². The SMILES string of the molecule is Cc1cc(Cl)ccc1OCCCC(=O)Nc1sc(C(=O)OC(C)C)c(C)c1C(=O)OC(C)C. The fourth-order valence-electron chi connectivity index (χ4n) is 2.96. The predicted octanol–water partition coefficient (Wildman–Crippen LogP) is 5.95. The van der Waals surface area contributed by atoms with Crippen molar-refractivity contribution in [3.8, 4) is 5.75 Å². The van der Waals surface area contributed by atoms with Crippen molar-refractivity contribution in [2.24, 2.45) is 0 Å². The molecule has 180 valence electrons. The van der Waals surface area contributed by atoms with E-state index in [-0.39, 0.29) is 40.0 Å². The molecule has 0 aliphatic carbocycles. The maximum absolute atomic E-state index is 12.7. The molecule has 0 radical (unpaired) electrons. The van der Waals surface area contributed by atoms with Gasteiger partial charge < -0.3 is 19.5 Å². The molecule has 1 heterocycles. The van der Waals surface area contributed by atoms with Crippen LogP contribution in [0.15, 0.2) is 18.2 Å². The summed E-state index contributed by atoms with van der Waals surface area (Å²) in [6, 6.07) is 5.34. The Bertz CT molecular complexity index is 1010. The van der Waals surface area contributed by atoms with Gasteiger partial charge in [0.05, 0.1) is 24.4 Å². The predicted molar refractivity (Wildman–Crippen MR) is 130 cm³/mol. The molecule has 0 saturated carbocycles. The van der Waals surface area contributed by atoms with Crippen LogP contribution < -0.4 is 10.1 Å². The third-order valence-electron chi connectivity index (χ3n) is 4.42. The number of aryl methyl sites for hydroxylation is 1. The quantitative estimate of drug-likeness (QED) is 0.323. The van der Waals surface area contributed by atoms with Gasteiger partial charge in [0.25, 0.3) is 0 Å². The van der Waals surface area contributed by atoms with E-state index in [4.69, 9.17) is 25.8 Å². The zero-order chi connectivity index (χ0) is 24.7. The van der Waals surface area contributed by atoms with Crippen LogP contribution in [0.1, 0.15) is 71.7 Å². The summed E-state index contributed by atoms with van der Waals surface area (Å²) in [6.07, 6.45) is -0.0207. The number of benzene rings is 1. The maximum atomic E-state index is 12.7. The highest BCUT2D eigenvalue weighted by Crippen LogP contribution is 2.35. The van der Waals surface area contributed by atoms with Crippen LogP contribution in [0.5, 0.6) is 5.75 Å². The number of amides is 1. The lowest BCUT2D eigenvalue weighted by Crippen LogP contribution is -2.17. The fraction of sp³-hybridized carbons (Fsp3) is 0.458. The van der Waals surface area contributed by atoms with Gasteiger partial charge in [0, 0.05) is 11.4 Å². The van der Waals surface area contributed by atoms with E-state index in [9.17, 15) is 14.4 Å². The number of esters is 2. The van der Waals surface area contributed by atoms with E-state index in [1.165, 1.54) is 0 Å². The third kappa shape index (κ3) is 7.75. The summed E-state index contributed by atoms with van der Waals surface area (Å²) < 4.78 is 16.3. The summed E-state index contributed by atoms with van der Waals surface area (Å²) in [7, 11) is 0. The van der Waals surface area contributed by atoms with Crippen molar-refractivity contribution in [1.82, 2.24) is 0 Å². The third-order valence-corrected chi connectivity index (χ3v) is 5.84. The zero-order valence-corrected chi connectivity index (χ0v) is 21.3. The lowest BCUT2D eigenvalue weighted by atomic mass is 10.1. The molecule has 1 N–H and O–H groups in total. The molecule has 2 aromatic rings. The van der Waals surface area contributed by atoms with Crippen LogP contribution in [0.3, 0.4) is 0 Å². The normalized spacial score (nSPS) is 10.9. The number of hydrogen-bond donors (Lipinski definition) is 1. The van der Waals surface area contributed by atoms with Crippen molar-refractivity contribution in [3.05, 3.63) is 44.8 Å². The molecule has 2 rings (SSSR count). The van der Waals surface area contributed by atoms with Gasteiger partial charge in [-0.3, -0.25) is 4.79 Å². The molecule has 0 atom stereocenters. The molecule has 0 saturated heterocycles. The highest BCUT2D eigenvalue weighted by atomic mass is 35.5. The monoisotopic (exact) mass is 495 g/mol. The van der Waals surface area contributed by atoms with E-state index < -0.39 is 11.9 Å². The maximum Gasteiger partial charge on any atom is 0.348 e. The number of rotatable bonds is 10. The first-order valence-electron chi connectivity index (χ1n) is 10.7. The van der Waals surface area contributed by atoms with Crippen molar-refractivity contribution < 1.29 is 28.6 Å².